The highest BCUT2D eigenvalue weighted by Gasteiger charge is 2.21. The zero-order chi connectivity index (χ0) is 18.2. The number of benzene rings is 1. The van der Waals surface area contributed by atoms with Crippen molar-refractivity contribution in [2.75, 3.05) is 57.8 Å². The van der Waals surface area contributed by atoms with Gasteiger partial charge in [0.2, 0.25) is 0 Å². The topological polar surface area (TPSA) is 54.3 Å². The van der Waals surface area contributed by atoms with Crippen LogP contribution in [0, 0.1) is 0 Å². The molecule has 6 nitrogen and oxygen atoms in total. The number of hydrogen-bond donors (Lipinski definition) is 2. The molecule has 1 saturated heterocycles. The summed E-state index contributed by atoms with van der Waals surface area (Å²) >= 11 is 0. The van der Waals surface area contributed by atoms with E-state index >= 15 is 0 Å². The number of phenols is 1. The van der Waals surface area contributed by atoms with Crippen LogP contribution in [0.5, 0.6) is 5.75 Å². The molecule has 1 atom stereocenters. The number of piperazine rings is 1. The summed E-state index contributed by atoms with van der Waals surface area (Å²) < 4.78 is 0. The van der Waals surface area contributed by atoms with Crippen molar-refractivity contribution in [3.8, 4) is 5.75 Å². The van der Waals surface area contributed by atoms with Crippen LogP contribution in [0.15, 0.2) is 29.3 Å². The highest BCUT2D eigenvalue weighted by molar-refractivity contribution is 5.80. The summed E-state index contributed by atoms with van der Waals surface area (Å²) in [5.74, 6) is 1.32. The van der Waals surface area contributed by atoms with Gasteiger partial charge < -0.3 is 20.2 Å². The van der Waals surface area contributed by atoms with Crippen molar-refractivity contribution in [3.63, 3.8) is 0 Å². The highest BCUT2D eigenvalue weighted by Crippen LogP contribution is 2.27. The second-order valence-electron chi connectivity index (χ2n) is 6.46. The first-order chi connectivity index (χ1) is 12.1. The molecule has 0 radical (unpaired) electrons. The molecule has 0 saturated carbocycles. The lowest BCUT2D eigenvalue weighted by Gasteiger charge is -2.38. The highest BCUT2D eigenvalue weighted by atomic mass is 16.3. The molecule has 0 bridgehead atoms. The number of likely N-dealkylation sites (N-methyl/N-ethyl adjacent to an activating group) is 1. The van der Waals surface area contributed by atoms with Crippen molar-refractivity contribution in [1.82, 2.24) is 15.1 Å². The fourth-order valence-electron chi connectivity index (χ4n) is 3.44. The Balaban J connectivity index is 1.87. The molecule has 140 valence electrons. The second-order valence-corrected chi connectivity index (χ2v) is 6.46. The van der Waals surface area contributed by atoms with E-state index in [-0.39, 0.29) is 0 Å². The molecule has 1 aromatic rings. The third kappa shape index (κ3) is 5.01. The van der Waals surface area contributed by atoms with Gasteiger partial charge in [0.25, 0.3) is 0 Å². The molecule has 2 rings (SSSR count). The third-order valence-electron chi connectivity index (χ3n) is 5.00. The summed E-state index contributed by atoms with van der Waals surface area (Å²) in [6.45, 7) is 13.2. The Kier molecular flexibility index (Phi) is 7.37. The lowest BCUT2D eigenvalue weighted by atomic mass is 10.2. The number of para-hydroxylation sites is 2. The maximum absolute atomic E-state index is 10.0. The number of aromatic hydroxyl groups is 1. The van der Waals surface area contributed by atoms with Gasteiger partial charge in [-0.3, -0.25) is 9.89 Å². The normalized spacial score (nSPS) is 17.1. The molecule has 0 aromatic heterocycles. The van der Waals surface area contributed by atoms with Gasteiger partial charge >= 0.3 is 0 Å². The summed E-state index contributed by atoms with van der Waals surface area (Å²) in [6, 6.07) is 8.03. The molecule has 6 heteroatoms. The minimum Gasteiger partial charge on any atom is -0.506 e. The SMILES string of the molecule is CCN(CC)C(C)CNC(=NC)N1CCN(c2ccccc2O)CC1. The maximum atomic E-state index is 10.0. The summed E-state index contributed by atoms with van der Waals surface area (Å²) in [4.78, 5) is 11.4. The fourth-order valence-corrected chi connectivity index (χ4v) is 3.44. The Morgan fingerprint density at radius 2 is 1.84 bits per heavy atom. The van der Waals surface area contributed by atoms with Crippen LogP contribution in [0.25, 0.3) is 0 Å². The van der Waals surface area contributed by atoms with Crippen molar-refractivity contribution in [2.24, 2.45) is 4.99 Å². The quantitative estimate of drug-likeness (QED) is 0.607. The first-order valence-electron chi connectivity index (χ1n) is 9.33. The smallest absolute Gasteiger partial charge is 0.193 e. The van der Waals surface area contributed by atoms with E-state index < -0.39 is 0 Å². The van der Waals surface area contributed by atoms with Crippen LogP contribution >= 0.6 is 0 Å². The molecule has 1 fully saturated rings. The summed E-state index contributed by atoms with van der Waals surface area (Å²) in [5, 5.41) is 13.6. The first-order valence-corrected chi connectivity index (χ1v) is 9.33. The lowest BCUT2D eigenvalue weighted by molar-refractivity contribution is 0.229. The van der Waals surface area contributed by atoms with E-state index in [1.165, 1.54) is 0 Å². The summed E-state index contributed by atoms with van der Waals surface area (Å²) in [7, 11) is 1.85. The van der Waals surface area contributed by atoms with E-state index in [9.17, 15) is 5.11 Å². The van der Waals surface area contributed by atoms with Crippen LogP contribution in [0.3, 0.4) is 0 Å². The van der Waals surface area contributed by atoms with Crippen molar-refractivity contribution in [2.45, 2.75) is 26.8 Å². The number of nitrogens with zero attached hydrogens (tertiary/aromatic N) is 4. The van der Waals surface area contributed by atoms with Gasteiger partial charge in [0, 0.05) is 45.8 Å². The molecule has 0 amide bonds. The Hall–Kier alpha value is -1.95. The van der Waals surface area contributed by atoms with Gasteiger partial charge in [0.1, 0.15) is 5.75 Å². The Morgan fingerprint density at radius 1 is 1.20 bits per heavy atom. The maximum Gasteiger partial charge on any atom is 0.193 e. The molecule has 1 aliphatic heterocycles. The largest absolute Gasteiger partial charge is 0.506 e. The van der Waals surface area contributed by atoms with Crippen molar-refractivity contribution < 1.29 is 5.11 Å². The molecular formula is C19H33N5O. The van der Waals surface area contributed by atoms with E-state index in [1.54, 1.807) is 6.07 Å². The van der Waals surface area contributed by atoms with Gasteiger partial charge in [0.05, 0.1) is 5.69 Å². The molecule has 25 heavy (non-hydrogen) atoms. The number of aliphatic imine (C=N–C) groups is 1. The van der Waals surface area contributed by atoms with E-state index in [4.69, 9.17) is 0 Å². The van der Waals surface area contributed by atoms with Crippen LogP contribution in [0.2, 0.25) is 0 Å². The number of phenolic OH excluding ortho intramolecular Hbond substituents is 1. The van der Waals surface area contributed by atoms with Crippen molar-refractivity contribution >= 4 is 11.6 Å². The zero-order valence-corrected chi connectivity index (χ0v) is 16.1. The average molecular weight is 348 g/mol. The standard InChI is InChI=1S/C19H33N5O/c1-5-22(6-2)16(3)15-21-19(20-4)24-13-11-23(12-14-24)17-9-7-8-10-18(17)25/h7-10,16,25H,5-6,11-15H2,1-4H3,(H,20,21). The molecule has 1 unspecified atom stereocenters. The summed E-state index contributed by atoms with van der Waals surface area (Å²) in [5.41, 5.74) is 0.917. The Bertz CT molecular complexity index is 551. The number of nitrogens with one attached hydrogen (secondary N) is 1. The van der Waals surface area contributed by atoms with Gasteiger partial charge in [-0.05, 0) is 32.1 Å². The Morgan fingerprint density at radius 3 is 2.40 bits per heavy atom. The molecule has 0 aliphatic carbocycles. The number of anilines is 1. The minimum atomic E-state index is 0.353. The molecular weight excluding hydrogens is 314 g/mol. The van der Waals surface area contributed by atoms with Crippen molar-refractivity contribution in [3.05, 3.63) is 24.3 Å². The van der Waals surface area contributed by atoms with E-state index in [2.05, 4.69) is 45.8 Å². The molecule has 1 aromatic carbocycles. The van der Waals surface area contributed by atoms with Crippen LogP contribution in [-0.4, -0.2) is 79.8 Å². The predicted molar refractivity (Wildman–Crippen MR) is 106 cm³/mol. The van der Waals surface area contributed by atoms with E-state index in [1.807, 2.05) is 25.2 Å². The number of hydrogen-bond acceptors (Lipinski definition) is 4. The van der Waals surface area contributed by atoms with Gasteiger partial charge in [0.15, 0.2) is 5.96 Å². The molecule has 2 N–H and O–H groups in total. The first kappa shape index (κ1) is 19.4. The fraction of sp³-hybridized carbons (Fsp3) is 0.632. The van der Waals surface area contributed by atoms with Gasteiger partial charge in [-0.1, -0.05) is 26.0 Å². The average Bonchev–Trinajstić information content (AvgIpc) is 2.64. The molecule has 1 heterocycles. The van der Waals surface area contributed by atoms with E-state index in [0.29, 0.717) is 11.8 Å². The van der Waals surface area contributed by atoms with Crippen LogP contribution in [0.1, 0.15) is 20.8 Å². The predicted octanol–water partition coefficient (Wildman–Crippen LogP) is 1.82. The Labute approximate surface area is 152 Å². The third-order valence-corrected chi connectivity index (χ3v) is 5.00. The second kappa shape index (κ2) is 9.51. The number of rotatable bonds is 6. The van der Waals surface area contributed by atoms with Gasteiger partial charge in [-0.25, -0.2) is 0 Å². The summed E-state index contributed by atoms with van der Waals surface area (Å²) in [6.07, 6.45) is 0. The van der Waals surface area contributed by atoms with Crippen LogP contribution in [0.4, 0.5) is 5.69 Å². The molecule has 0 spiro atoms. The van der Waals surface area contributed by atoms with Crippen molar-refractivity contribution in [1.29, 1.82) is 0 Å². The monoisotopic (exact) mass is 347 g/mol. The van der Waals surface area contributed by atoms with Gasteiger partial charge in [-0.15, -0.1) is 0 Å². The van der Waals surface area contributed by atoms with Crippen LogP contribution in [-0.2, 0) is 0 Å². The van der Waals surface area contributed by atoms with E-state index in [0.717, 1.165) is 57.5 Å². The lowest BCUT2D eigenvalue weighted by Crippen LogP contribution is -2.54. The minimum absolute atomic E-state index is 0.353. The van der Waals surface area contributed by atoms with Gasteiger partial charge in [-0.2, -0.15) is 0 Å². The van der Waals surface area contributed by atoms with Crippen LogP contribution < -0.4 is 10.2 Å². The number of guanidine groups is 1. The zero-order valence-electron chi connectivity index (χ0n) is 16.1. The molecule has 1 aliphatic rings.